The first-order valence-corrected chi connectivity index (χ1v) is 6.10. The van der Waals surface area contributed by atoms with Crippen LogP contribution in [0.4, 0.5) is 34.6 Å². The highest BCUT2D eigenvalue weighted by Crippen LogP contribution is 2.33. The summed E-state index contributed by atoms with van der Waals surface area (Å²) in [5.41, 5.74) is 0. The van der Waals surface area contributed by atoms with E-state index >= 15 is 0 Å². The molecule has 0 aromatic rings. The molecule has 15 heavy (non-hydrogen) atoms. The lowest BCUT2D eigenvalue weighted by molar-refractivity contribution is -0.132. The predicted molar refractivity (Wildman–Crippen MR) is 38.9 cm³/mol. The molecule has 0 heterocycles. The van der Waals surface area contributed by atoms with E-state index in [9.17, 15) is 34.6 Å². The standard InChI is InChI=1S/C6H8F8Si/c7-5(8,9)1-3-15(13,14)4-2-6(10,11)12/h1-4H2. The highest BCUT2D eigenvalue weighted by atomic mass is 28.4. The van der Waals surface area contributed by atoms with Crippen LogP contribution in [0.2, 0.25) is 12.1 Å². The highest BCUT2D eigenvalue weighted by Gasteiger charge is 2.43. The van der Waals surface area contributed by atoms with Crippen molar-refractivity contribution in [2.24, 2.45) is 0 Å². The van der Waals surface area contributed by atoms with Crippen LogP contribution in [0.15, 0.2) is 0 Å². The van der Waals surface area contributed by atoms with Crippen LogP contribution >= 0.6 is 0 Å². The monoisotopic (exact) mass is 260 g/mol. The van der Waals surface area contributed by atoms with E-state index in [0.717, 1.165) is 0 Å². The van der Waals surface area contributed by atoms with Gasteiger partial charge in [-0.05, 0) is 0 Å². The highest BCUT2D eigenvalue weighted by molar-refractivity contribution is 6.66. The van der Waals surface area contributed by atoms with Gasteiger partial charge in [0.1, 0.15) is 0 Å². The largest absolute Gasteiger partial charge is 0.425 e. The van der Waals surface area contributed by atoms with Gasteiger partial charge >= 0.3 is 21.1 Å². The van der Waals surface area contributed by atoms with Crippen molar-refractivity contribution in [1.29, 1.82) is 0 Å². The Morgan fingerprint density at radius 3 is 1.13 bits per heavy atom. The lowest BCUT2D eigenvalue weighted by Crippen LogP contribution is -2.27. The molecule has 0 atom stereocenters. The number of hydrogen-bond donors (Lipinski definition) is 0. The van der Waals surface area contributed by atoms with Crippen molar-refractivity contribution in [2.45, 2.75) is 37.3 Å². The average molecular weight is 260 g/mol. The molecular formula is C6H8F8Si. The number of hydrogen-bond acceptors (Lipinski definition) is 0. The third kappa shape index (κ3) is 9.95. The quantitative estimate of drug-likeness (QED) is 0.402. The maximum absolute atomic E-state index is 12.6. The number of rotatable bonds is 4. The van der Waals surface area contributed by atoms with Gasteiger partial charge in [0, 0.05) is 24.9 Å². The predicted octanol–water partition coefficient (Wildman–Crippen LogP) is 4.27. The minimum Gasteiger partial charge on any atom is -0.270 e. The third-order valence-corrected chi connectivity index (χ3v) is 3.51. The molecule has 0 fully saturated rings. The molecule has 0 saturated heterocycles. The lowest BCUT2D eigenvalue weighted by atomic mass is 10.5. The molecule has 0 aliphatic carbocycles. The summed E-state index contributed by atoms with van der Waals surface area (Å²) in [6.45, 7) is 0. The second kappa shape index (κ2) is 4.66. The van der Waals surface area contributed by atoms with Crippen molar-refractivity contribution in [3.63, 3.8) is 0 Å². The van der Waals surface area contributed by atoms with E-state index < -0.39 is 46.0 Å². The smallest absolute Gasteiger partial charge is 0.270 e. The van der Waals surface area contributed by atoms with Crippen LogP contribution in [-0.4, -0.2) is 21.1 Å². The zero-order chi connectivity index (χ0) is 12.3. The van der Waals surface area contributed by atoms with Crippen LogP contribution in [-0.2, 0) is 0 Å². The summed E-state index contributed by atoms with van der Waals surface area (Å²) in [5.74, 6) is 0. The molecule has 0 aliphatic heterocycles. The van der Waals surface area contributed by atoms with E-state index in [1.54, 1.807) is 0 Å². The molecule has 0 nitrogen and oxygen atoms in total. The topological polar surface area (TPSA) is 0 Å². The Kier molecular flexibility index (Phi) is 4.56. The van der Waals surface area contributed by atoms with E-state index in [2.05, 4.69) is 0 Å². The van der Waals surface area contributed by atoms with Gasteiger partial charge in [-0.3, -0.25) is 8.22 Å². The molecule has 9 heteroatoms. The average Bonchev–Trinajstić information content (AvgIpc) is 1.96. The maximum atomic E-state index is 12.6. The first-order chi connectivity index (χ1) is 6.41. The summed E-state index contributed by atoms with van der Waals surface area (Å²) in [7, 11) is -5.36. The summed E-state index contributed by atoms with van der Waals surface area (Å²) in [6, 6.07) is -2.93. The fourth-order valence-electron chi connectivity index (χ4n) is 0.774. The van der Waals surface area contributed by atoms with Gasteiger partial charge in [0.2, 0.25) is 0 Å². The van der Waals surface area contributed by atoms with Gasteiger partial charge in [0.25, 0.3) is 0 Å². The summed E-state index contributed by atoms with van der Waals surface area (Å²) in [4.78, 5) is 0. The maximum Gasteiger partial charge on any atom is 0.425 e. The molecule has 0 saturated carbocycles. The fraction of sp³-hybridized carbons (Fsp3) is 1.00. The number of halogens is 8. The number of alkyl halides is 6. The summed E-state index contributed by atoms with van der Waals surface area (Å²) in [5, 5.41) is 0. The van der Waals surface area contributed by atoms with Crippen LogP contribution in [0.5, 0.6) is 0 Å². The Morgan fingerprint density at radius 1 is 0.667 bits per heavy atom. The van der Waals surface area contributed by atoms with E-state index in [0.29, 0.717) is 0 Å². The van der Waals surface area contributed by atoms with Crippen LogP contribution in [0.3, 0.4) is 0 Å². The summed E-state index contributed by atoms with van der Waals surface area (Å²) in [6.07, 6.45) is -12.9. The van der Waals surface area contributed by atoms with Gasteiger partial charge in [-0.25, -0.2) is 0 Å². The van der Waals surface area contributed by atoms with Crippen LogP contribution in [0, 0.1) is 0 Å². The minimum absolute atomic E-state index is 1.47. The molecule has 0 radical (unpaired) electrons. The van der Waals surface area contributed by atoms with Gasteiger partial charge in [-0.1, -0.05) is 0 Å². The molecule has 0 unspecified atom stereocenters. The Balaban J connectivity index is 3.98. The van der Waals surface area contributed by atoms with Crippen molar-refractivity contribution >= 4 is 8.74 Å². The van der Waals surface area contributed by atoms with Crippen LogP contribution in [0.1, 0.15) is 12.8 Å². The van der Waals surface area contributed by atoms with Crippen molar-refractivity contribution in [3.8, 4) is 0 Å². The normalized spacial score (nSPS) is 14.4. The van der Waals surface area contributed by atoms with Crippen molar-refractivity contribution < 1.29 is 34.6 Å². The molecular weight excluding hydrogens is 252 g/mol. The molecule has 0 rings (SSSR count). The van der Waals surface area contributed by atoms with Gasteiger partial charge in [0.15, 0.2) is 0 Å². The SMILES string of the molecule is FC(F)(F)CC[Si](F)(F)CCC(F)(F)F. The van der Waals surface area contributed by atoms with Crippen LogP contribution < -0.4 is 0 Å². The van der Waals surface area contributed by atoms with Crippen molar-refractivity contribution in [1.82, 2.24) is 0 Å². The molecule has 0 amide bonds. The fourth-order valence-corrected chi connectivity index (χ4v) is 2.32. The van der Waals surface area contributed by atoms with E-state index in [-0.39, 0.29) is 0 Å². The van der Waals surface area contributed by atoms with Gasteiger partial charge in [0.05, 0.1) is 0 Å². The Hall–Kier alpha value is -0.343. The summed E-state index contributed by atoms with van der Waals surface area (Å²) >= 11 is 0. The first kappa shape index (κ1) is 14.7. The van der Waals surface area contributed by atoms with Gasteiger partial charge < -0.3 is 0 Å². The second-order valence-electron chi connectivity index (χ2n) is 3.09. The molecule has 0 aliphatic rings. The van der Waals surface area contributed by atoms with Crippen molar-refractivity contribution in [2.75, 3.05) is 0 Å². The Bertz CT molecular complexity index is 172. The van der Waals surface area contributed by atoms with Crippen molar-refractivity contribution in [3.05, 3.63) is 0 Å². The molecule has 0 spiro atoms. The minimum atomic E-state index is -5.36. The molecule has 0 bridgehead atoms. The Labute approximate surface area is 81.6 Å². The summed E-state index contributed by atoms with van der Waals surface area (Å²) < 4.78 is 94.4. The third-order valence-electron chi connectivity index (χ3n) is 1.55. The lowest BCUT2D eigenvalue weighted by Gasteiger charge is -2.15. The molecule has 92 valence electrons. The second-order valence-corrected chi connectivity index (χ2v) is 5.80. The van der Waals surface area contributed by atoms with E-state index in [1.807, 2.05) is 0 Å². The molecule has 0 aromatic heterocycles. The van der Waals surface area contributed by atoms with E-state index in [1.165, 1.54) is 0 Å². The zero-order valence-electron chi connectivity index (χ0n) is 7.35. The van der Waals surface area contributed by atoms with Gasteiger partial charge in [-0.15, -0.1) is 0 Å². The Morgan fingerprint density at radius 2 is 0.933 bits per heavy atom. The van der Waals surface area contributed by atoms with Crippen LogP contribution in [0.25, 0.3) is 0 Å². The molecule has 0 aromatic carbocycles. The van der Waals surface area contributed by atoms with Gasteiger partial charge in [-0.2, -0.15) is 26.3 Å². The van der Waals surface area contributed by atoms with E-state index in [4.69, 9.17) is 0 Å². The first-order valence-electron chi connectivity index (χ1n) is 3.93. The molecule has 0 N–H and O–H groups in total. The zero-order valence-corrected chi connectivity index (χ0v) is 8.35.